The number of aryl methyl sites for hydroxylation is 2. The molecule has 7 aliphatic rings. The van der Waals surface area contributed by atoms with Crippen LogP contribution in [0.3, 0.4) is 0 Å². The Balaban J connectivity index is 0.740. The number of benzene rings is 2. The van der Waals surface area contributed by atoms with Gasteiger partial charge < -0.3 is 116 Å². The van der Waals surface area contributed by atoms with Crippen LogP contribution in [0, 0.1) is 58.2 Å². The highest BCUT2D eigenvalue weighted by Crippen LogP contribution is 2.60. The first-order valence-corrected chi connectivity index (χ1v) is 49.1. The van der Waals surface area contributed by atoms with Crippen molar-refractivity contribution in [2.24, 2.45) is 57.8 Å². The molecule has 0 spiro atoms. The number of hydrogen-bond donors (Lipinski definition) is 13. The molecular formula is C99H158N13O21+. The third-order valence-corrected chi connectivity index (χ3v) is 28.1. The van der Waals surface area contributed by atoms with E-state index in [0.717, 1.165) is 110 Å². The number of primary amides is 1. The molecule has 0 aliphatic heterocycles. The van der Waals surface area contributed by atoms with Crippen molar-refractivity contribution in [3.8, 4) is 17.6 Å². The van der Waals surface area contributed by atoms with Crippen LogP contribution in [0.25, 0.3) is 0 Å². The maximum Gasteiger partial charge on any atom is 0.407 e. The Hall–Kier alpha value is -8.76. The van der Waals surface area contributed by atoms with Crippen LogP contribution >= 0.6 is 0 Å². The third-order valence-electron chi connectivity index (χ3n) is 28.1. The molecule has 2 aromatic rings. The van der Waals surface area contributed by atoms with Gasteiger partial charge in [-0.15, -0.1) is 11.8 Å². The first-order valence-electron chi connectivity index (χ1n) is 49.1. The number of unbranched alkanes of at least 4 members (excludes halogenated alkanes) is 1. The van der Waals surface area contributed by atoms with Gasteiger partial charge in [-0.25, -0.2) is 9.59 Å². The molecule has 34 heteroatoms. The summed E-state index contributed by atoms with van der Waals surface area (Å²) in [6, 6.07) is 7.03. The highest BCUT2D eigenvalue weighted by Gasteiger charge is 2.59. The summed E-state index contributed by atoms with van der Waals surface area (Å²) in [6.45, 7) is 19.6. The quantitative estimate of drug-likeness (QED) is 0.0131. The maximum absolute atomic E-state index is 15.1. The number of aromatic hydroxyl groups is 1. The van der Waals surface area contributed by atoms with E-state index in [4.69, 9.17) is 58.8 Å². The molecule has 744 valence electrons. The van der Waals surface area contributed by atoms with Gasteiger partial charge in [-0.1, -0.05) is 79.4 Å². The number of alkyl carbamates (subject to hydrolysis) is 1. The van der Waals surface area contributed by atoms with Gasteiger partial charge in [0.1, 0.15) is 30.5 Å². The number of rotatable bonds is 58. The number of carbonyl (C=O) groups is 10. The number of nitrogens with zero attached hydrogens (tertiary/aromatic N) is 1. The topological polar surface area (TPSA) is 456 Å². The number of urea groups is 1. The number of phenolic OH excluding ortho intramolecular Hbond substituents is 1. The zero-order chi connectivity index (χ0) is 95.8. The standard InChI is InChI=1S/C99H157N13O21/c1-68(2)88(91(119)109-80(26-19-43-105-94(101)122)89(117)107-71-32-28-69-30-34-82-96(3,76(69)64-71)38-20-40-98(82,5)92(120)111-93(121)99(6)41-21-39-97(4)77-65-72(113)33-29-70(77)31-35-83(97)99)110-90(118)79(108-85(115)37-49-125-53-57-129-61-63-131-59-55-127-51-46-106-95(123)133-66-75-73-22-13-10-11-14-23-74(73)75)25-17-18-42-103-86(116)67-132-81-27-16-12-15-24-78(87(81)100)102-45-50-126-54-58-130-62-60-128-56-52-124-48-36-84(114)104-44-47-112(7,8)9/h28-29,32-33,64-65,68,73-75,79-83,88,102H,12-27,30-31,34-63,66-67,100H2,1-9H3,(H11-,101,103,104,105,106,107,108,109,110,111,113,114,115,116,117,118,119,120,121,122,123)/p+1/b87-78-/t73-,74+,75?,79-,80+,81?,82-,83-,88+,96-,97-,98+,99+/m1/s1. The number of phenols is 1. The molecule has 7 aliphatic carbocycles. The molecule has 2 aromatic carbocycles. The molecule has 0 saturated heterocycles. The Morgan fingerprint density at radius 2 is 1.04 bits per heavy atom. The zero-order valence-corrected chi connectivity index (χ0v) is 80.8. The van der Waals surface area contributed by atoms with E-state index in [9.17, 15) is 48.3 Å². The van der Waals surface area contributed by atoms with E-state index < -0.39 is 82.1 Å². The number of nitrogens with two attached hydrogens (primary N) is 2. The number of fused-ring (bicyclic) bond motifs is 7. The molecule has 0 heterocycles. The van der Waals surface area contributed by atoms with Gasteiger partial charge in [-0.05, 0) is 208 Å². The predicted octanol–water partition coefficient (Wildman–Crippen LogP) is 7.55. The smallest absolute Gasteiger partial charge is 0.407 e. The molecule has 0 aromatic heterocycles. The molecule has 34 nitrogen and oxygen atoms in total. The molecule has 3 saturated carbocycles. The summed E-state index contributed by atoms with van der Waals surface area (Å²) in [5.74, 6) is 4.16. The number of allylic oxidation sites excluding steroid dienone is 1. The number of imide groups is 1. The summed E-state index contributed by atoms with van der Waals surface area (Å²) < 4.78 is 57.7. The van der Waals surface area contributed by atoms with Gasteiger partial charge in [0.05, 0.1) is 169 Å². The second-order valence-electron chi connectivity index (χ2n) is 39.2. The summed E-state index contributed by atoms with van der Waals surface area (Å²) in [7, 11) is 6.23. The van der Waals surface area contributed by atoms with E-state index in [1.54, 1.807) is 19.9 Å². The van der Waals surface area contributed by atoms with Crippen molar-refractivity contribution in [2.75, 3.05) is 185 Å². The van der Waals surface area contributed by atoms with E-state index in [1.807, 2.05) is 44.2 Å². The number of quaternary nitrogens is 1. The highest BCUT2D eigenvalue weighted by molar-refractivity contribution is 6.01. The first-order chi connectivity index (χ1) is 63.8. The van der Waals surface area contributed by atoms with Crippen LogP contribution in [0.15, 0.2) is 47.8 Å². The second-order valence-corrected chi connectivity index (χ2v) is 39.2. The van der Waals surface area contributed by atoms with Gasteiger partial charge in [0.2, 0.25) is 47.3 Å². The predicted molar refractivity (Wildman–Crippen MR) is 503 cm³/mol. The van der Waals surface area contributed by atoms with E-state index in [1.165, 1.54) is 5.56 Å². The minimum atomic E-state index is -1.22. The monoisotopic (exact) mass is 1870 g/mol. The first kappa shape index (κ1) is 108. The van der Waals surface area contributed by atoms with Crippen LogP contribution in [0.5, 0.6) is 5.75 Å². The molecule has 2 unspecified atom stereocenters. The van der Waals surface area contributed by atoms with Crippen molar-refractivity contribution in [3.63, 3.8) is 0 Å². The van der Waals surface area contributed by atoms with Gasteiger partial charge in [0.25, 0.3) is 0 Å². The molecule has 0 radical (unpaired) electrons. The molecule has 3 fully saturated rings. The number of hydrogen-bond acceptors (Lipinski definition) is 23. The van der Waals surface area contributed by atoms with Gasteiger partial charge in [-0.2, -0.15) is 0 Å². The van der Waals surface area contributed by atoms with Crippen molar-refractivity contribution >= 4 is 65.1 Å². The molecule has 15 N–H and O–H groups in total. The molecule has 11 amide bonds. The molecule has 13 atom stereocenters. The number of nitrogens with one attached hydrogen (secondary N) is 10. The Bertz CT molecular complexity index is 4180. The molecule has 133 heavy (non-hydrogen) atoms. The van der Waals surface area contributed by atoms with Crippen LogP contribution in [0.1, 0.15) is 218 Å². The minimum absolute atomic E-state index is 0.00443. The van der Waals surface area contributed by atoms with Crippen molar-refractivity contribution < 1.29 is 105 Å². The summed E-state index contributed by atoms with van der Waals surface area (Å²) in [5, 5.41) is 39.9. The number of anilines is 1. The third kappa shape index (κ3) is 34.2. The Kier molecular flexibility index (Phi) is 44.5. The van der Waals surface area contributed by atoms with Gasteiger partial charge in [-0.3, -0.25) is 43.7 Å². The largest absolute Gasteiger partial charge is 0.508 e. The van der Waals surface area contributed by atoms with Crippen LogP contribution in [0.4, 0.5) is 15.3 Å². The van der Waals surface area contributed by atoms with E-state index in [-0.39, 0.29) is 118 Å². The lowest BCUT2D eigenvalue weighted by molar-refractivity contribution is -0.869. The number of likely N-dealkylation sites (N-methyl/N-ethyl adjacent to an activating group) is 1. The van der Waals surface area contributed by atoms with Crippen LogP contribution < -0.4 is 64.6 Å². The summed E-state index contributed by atoms with van der Waals surface area (Å²) in [6.07, 6.45) is 15.7. The lowest BCUT2D eigenvalue weighted by Crippen LogP contribution is -2.60. The lowest BCUT2D eigenvalue weighted by Gasteiger charge is -2.56. The fourth-order valence-corrected chi connectivity index (χ4v) is 20.6. The zero-order valence-electron chi connectivity index (χ0n) is 80.8. The van der Waals surface area contributed by atoms with Gasteiger partial charge >= 0.3 is 12.1 Å². The Morgan fingerprint density at radius 3 is 1.62 bits per heavy atom. The minimum Gasteiger partial charge on any atom is -0.508 e. The van der Waals surface area contributed by atoms with Crippen LogP contribution in [-0.2, 0) is 109 Å². The van der Waals surface area contributed by atoms with Crippen molar-refractivity contribution in [2.45, 2.75) is 244 Å². The molecule has 0 bridgehead atoms. The SMILES string of the molecule is CC(C)[C@H](NC(=O)[C@@H](CCCCNC(=O)COC1CCCCC/C(NCCOCCOCCOCCOCCC(=O)NCC[N+](C)(C)C)=C\1N)NC(=O)CCOCCOCCOCCOCCNC(=O)OCC1[C@H]2CCC#CCC[C@@H]12)C(=O)N[C@@H](CCCNC(N)=O)C(=O)Nc1ccc2c(c1)[C@@]1(C)CCC[C@](C)(C(=O)NC(=O)[C@@]3(C)CCC[C@]4(C)c5cc(O)ccc5CC[C@@H]34)[C@@H]1CC2. The van der Waals surface area contributed by atoms with Gasteiger partial charge in [0, 0.05) is 63.2 Å². The van der Waals surface area contributed by atoms with Crippen molar-refractivity contribution in [1.29, 1.82) is 0 Å². The molecule has 9 rings (SSSR count). The fourth-order valence-electron chi connectivity index (χ4n) is 20.6. The number of carbonyl (C=O) groups excluding carboxylic acids is 10. The average Bonchev–Trinajstić information content (AvgIpc) is 1.17. The van der Waals surface area contributed by atoms with E-state index in [2.05, 4.69) is 100.0 Å². The Labute approximate surface area is 787 Å². The summed E-state index contributed by atoms with van der Waals surface area (Å²) in [4.78, 5) is 138. The lowest BCUT2D eigenvalue weighted by atomic mass is 9.49. The highest BCUT2D eigenvalue weighted by atomic mass is 16.6. The number of amides is 11. The second kappa shape index (κ2) is 54.8. The van der Waals surface area contributed by atoms with Gasteiger partial charge in [0.15, 0.2) is 0 Å². The van der Waals surface area contributed by atoms with Crippen molar-refractivity contribution in [1.82, 2.24) is 47.9 Å². The molecular weight excluding hydrogens is 1710 g/mol. The summed E-state index contributed by atoms with van der Waals surface area (Å²) >= 11 is 0. The summed E-state index contributed by atoms with van der Waals surface area (Å²) in [5.41, 5.74) is 15.8. The number of ether oxygens (including phenoxy) is 10. The Morgan fingerprint density at radius 1 is 0.511 bits per heavy atom. The van der Waals surface area contributed by atoms with E-state index >= 15 is 4.79 Å². The average molecular weight is 1870 g/mol. The van der Waals surface area contributed by atoms with E-state index in [0.29, 0.717) is 199 Å². The van der Waals surface area contributed by atoms with Crippen LogP contribution in [-0.4, -0.2) is 273 Å². The van der Waals surface area contributed by atoms with Crippen LogP contribution in [0.2, 0.25) is 0 Å². The maximum atomic E-state index is 15.1. The fraction of sp³-hybridized carbons (Fsp3) is 0.737. The normalized spacial score (nSPS) is 24.3. The van der Waals surface area contributed by atoms with Crippen molar-refractivity contribution in [3.05, 3.63) is 70.0 Å².